The smallest absolute Gasteiger partial charge is 0.255 e. The van der Waals surface area contributed by atoms with Crippen molar-refractivity contribution in [2.24, 2.45) is 5.92 Å². The molecular formula is C21H27N3O3S. The lowest BCUT2D eigenvalue weighted by Crippen LogP contribution is -2.48. The van der Waals surface area contributed by atoms with Crippen LogP contribution in [0.4, 0.5) is 5.69 Å². The Bertz CT molecular complexity index is 793. The molecule has 6 nitrogen and oxygen atoms in total. The molecule has 0 radical (unpaired) electrons. The summed E-state index contributed by atoms with van der Waals surface area (Å²) in [6.07, 6.45) is 2.84. The number of amides is 3. The van der Waals surface area contributed by atoms with Crippen LogP contribution in [0, 0.1) is 5.92 Å². The number of nitrogens with one attached hydrogen (secondary N) is 1. The number of carbonyl (C=O) groups excluding carboxylic acids is 3. The average molecular weight is 402 g/mol. The Hall–Kier alpha value is -2.28. The quantitative estimate of drug-likeness (QED) is 0.770. The minimum atomic E-state index is -0.457. The SMILES string of the molecule is C=CC(=O)N1CCCc2c(C(=O)N3CSCC3C(=O)NCC(C)C)cccc21. The number of nitrogens with zero attached hydrogens (tertiary/aromatic N) is 2. The fraction of sp³-hybridized carbons (Fsp3) is 0.476. The molecule has 2 aliphatic rings. The molecule has 0 aromatic heterocycles. The highest BCUT2D eigenvalue weighted by Gasteiger charge is 2.36. The molecule has 1 atom stereocenters. The van der Waals surface area contributed by atoms with Crippen molar-refractivity contribution in [1.82, 2.24) is 10.2 Å². The summed E-state index contributed by atoms with van der Waals surface area (Å²) in [5.74, 6) is 1.06. The van der Waals surface area contributed by atoms with Crippen molar-refractivity contribution in [3.63, 3.8) is 0 Å². The van der Waals surface area contributed by atoms with Crippen LogP contribution < -0.4 is 10.2 Å². The van der Waals surface area contributed by atoms with Crippen LogP contribution in [-0.2, 0) is 16.0 Å². The Labute approximate surface area is 170 Å². The van der Waals surface area contributed by atoms with E-state index in [1.807, 2.05) is 19.9 Å². The highest BCUT2D eigenvalue weighted by molar-refractivity contribution is 7.99. The minimum absolute atomic E-state index is 0.0969. The van der Waals surface area contributed by atoms with Crippen LogP contribution in [0.1, 0.15) is 36.2 Å². The monoisotopic (exact) mass is 401 g/mol. The zero-order valence-corrected chi connectivity index (χ0v) is 17.3. The molecule has 150 valence electrons. The van der Waals surface area contributed by atoms with Gasteiger partial charge in [0.15, 0.2) is 0 Å². The van der Waals surface area contributed by atoms with Crippen molar-refractivity contribution in [2.75, 3.05) is 29.6 Å². The van der Waals surface area contributed by atoms with Gasteiger partial charge in [0.1, 0.15) is 6.04 Å². The van der Waals surface area contributed by atoms with Gasteiger partial charge in [0.05, 0.1) is 5.88 Å². The van der Waals surface area contributed by atoms with Crippen LogP contribution in [-0.4, -0.2) is 53.4 Å². The lowest BCUT2D eigenvalue weighted by molar-refractivity contribution is -0.124. The topological polar surface area (TPSA) is 69.7 Å². The van der Waals surface area contributed by atoms with E-state index < -0.39 is 6.04 Å². The molecule has 1 aromatic rings. The van der Waals surface area contributed by atoms with Crippen molar-refractivity contribution >= 4 is 35.2 Å². The van der Waals surface area contributed by atoms with E-state index in [1.165, 1.54) is 6.08 Å². The van der Waals surface area contributed by atoms with Gasteiger partial charge in [-0.3, -0.25) is 14.4 Å². The summed E-state index contributed by atoms with van der Waals surface area (Å²) in [6, 6.07) is 5.02. The van der Waals surface area contributed by atoms with Crippen LogP contribution in [0.5, 0.6) is 0 Å². The van der Waals surface area contributed by atoms with Crippen LogP contribution in [0.2, 0.25) is 0 Å². The third-order valence-electron chi connectivity index (χ3n) is 5.05. The molecule has 28 heavy (non-hydrogen) atoms. The van der Waals surface area contributed by atoms with Gasteiger partial charge in [-0.2, -0.15) is 0 Å². The van der Waals surface area contributed by atoms with E-state index in [1.54, 1.807) is 33.7 Å². The normalized spacial score (nSPS) is 18.8. The van der Waals surface area contributed by atoms with E-state index in [9.17, 15) is 14.4 Å². The molecule has 0 spiro atoms. The predicted molar refractivity (Wildman–Crippen MR) is 112 cm³/mol. The number of benzene rings is 1. The molecule has 3 amide bonds. The molecule has 3 rings (SSSR count). The second-order valence-corrected chi connectivity index (χ2v) is 8.53. The first kappa shape index (κ1) is 20.5. The molecular weight excluding hydrogens is 374 g/mol. The molecule has 1 fully saturated rings. The van der Waals surface area contributed by atoms with E-state index in [0.717, 1.165) is 24.1 Å². The van der Waals surface area contributed by atoms with Crippen LogP contribution in [0.3, 0.4) is 0 Å². The summed E-state index contributed by atoms with van der Waals surface area (Å²) in [4.78, 5) is 41.4. The number of carbonyl (C=O) groups is 3. The zero-order valence-electron chi connectivity index (χ0n) is 16.4. The molecule has 2 aliphatic heterocycles. The van der Waals surface area contributed by atoms with Gasteiger partial charge in [-0.1, -0.05) is 26.5 Å². The summed E-state index contributed by atoms with van der Waals surface area (Å²) < 4.78 is 0. The molecule has 7 heteroatoms. The molecule has 1 unspecified atom stereocenters. The minimum Gasteiger partial charge on any atom is -0.354 e. The van der Waals surface area contributed by atoms with Gasteiger partial charge in [0, 0.05) is 30.1 Å². The summed E-state index contributed by atoms with van der Waals surface area (Å²) >= 11 is 1.59. The Kier molecular flexibility index (Phi) is 6.44. The van der Waals surface area contributed by atoms with Gasteiger partial charge in [0.2, 0.25) is 11.8 Å². The van der Waals surface area contributed by atoms with Crippen molar-refractivity contribution in [3.8, 4) is 0 Å². The third kappa shape index (κ3) is 4.09. The molecule has 1 saturated heterocycles. The fourth-order valence-electron chi connectivity index (χ4n) is 3.60. The number of thioether (sulfide) groups is 1. The van der Waals surface area contributed by atoms with Gasteiger partial charge in [0.25, 0.3) is 5.91 Å². The Morgan fingerprint density at radius 3 is 2.86 bits per heavy atom. The van der Waals surface area contributed by atoms with Crippen LogP contribution in [0.25, 0.3) is 0 Å². The van der Waals surface area contributed by atoms with Gasteiger partial charge < -0.3 is 15.1 Å². The van der Waals surface area contributed by atoms with E-state index in [-0.39, 0.29) is 17.7 Å². The molecule has 1 N–H and O–H groups in total. The maximum atomic E-state index is 13.3. The first-order valence-electron chi connectivity index (χ1n) is 9.66. The van der Waals surface area contributed by atoms with Gasteiger partial charge in [-0.05, 0) is 42.5 Å². The number of rotatable bonds is 5. The van der Waals surface area contributed by atoms with Crippen molar-refractivity contribution in [2.45, 2.75) is 32.7 Å². The summed E-state index contributed by atoms with van der Waals surface area (Å²) in [5.41, 5.74) is 2.24. The zero-order chi connectivity index (χ0) is 20.3. The third-order valence-corrected chi connectivity index (χ3v) is 6.06. The molecule has 0 bridgehead atoms. The Morgan fingerprint density at radius 1 is 1.36 bits per heavy atom. The second kappa shape index (κ2) is 8.82. The molecule has 2 heterocycles. The summed E-state index contributed by atoms with van der Waals surface area (Å²) in [5, 5.41) is 2.94. The largest absolute Gasteiger partial charge is 0.354 e. The number of hydrogen-bond donors (Lipinski definition) is 1. The standard InChI is InChI=1S/C21H27N3O3S/c1-4-19(25)23-10-6-8-15-16(7-5-9-17(15)23)21(27)24-13-28-12-18(24)20(26)22-11-14(2)3/h4-5,7,9,14,18H,1,6,8,10-13H2,2-3H3,(H,22,26). The number of fused-ring (bicyclic) bond motifs is 1. The van der Waals surface area contributed by atoms with E-state index in [2.05, 4.69) is 11.9 Å². The van der Waals surface area contributed by atoms with E-state index >= 15 is 0 Å². The van der Waals surface area contributed by atoms with E-state index in [0.29, 0.717) is 36.2 Å². The van der Waals surface area contributed by atoms with Gasteiger partial charge >= 0.3 is 0 Å². The highest BCUT2D eigenvalue weighted by Crippen LogP contribution is 2.32. The molecule has 1 aromatic carbocycles. The molecule has 0 aliphatic carbocycles. The van der Waals surface area contributed by atoms with Crippen LogP contribution in [0.15, 0.2) is 30.9 Å². The number of anilines is 1. The van der Waals surface area contributed by atoms with Gasteiger partial charge in [-0.15, -0.1) is 11.8 Å². The first-order chi connectivity index (χ1) is 13.4. The molecule has 0 saturated carbocycles. The lowest BCUT2D eigenvalue weighted by atomic mass is 9.95. The average Bonchev–Trinajstić information content (AvgIpc) is 3.19. The Morgan fingerprint density at radius 2 is 2.14 bits per heavy atom. The fourth-order valence-corrected chi connectivity index (χ4v) is 4.76. The summed E-state index contributed by atoms with van der Waals surface area (Å²) in [6.45, 7) is 8.88. The Balaban J connectivity index is 1.85. The van der Waals surface area contributed by atoms with E-state index in [4.69, 9.17) is 0 Å². The van der Waals surface area contributed by atoms with Crippen molar-refractivity contribution in [3.05, 3.63) is 42.0 Å². The summed E-state index contributed by atoms with van der Waals surface area (Å²) in [7, 11) is 0. The first-order valence-corrected chi connectivity index (χ1v) is 10.8. The van der Waals surface area contributed by atoms with Gasteiger partial charge in [-0.25, -0.2) is 0 Å². The second-order valence-electron chi connectivity index (χ2n) is 7.53. The lowest BCUT2D eigenvalue weighted by Gasteiger charge is -2.31. The van der Waals surface area contributed by atoms with Crippen molar-refractivity contribution < 1.29 is 14.4 Å². The highest BCUT2D eigenvalue weighted by atomic mass is 32.2. The number of hydrogen-bond acceptors (Lipinski definition) is 4. The predicted octanol–water partition coefficient (Wildman–Crippen LogP) is 2.44. The maximum Gasteiger partial charge on any atom is 0.255 e. The van der Waals surface area contributed by atoms with Crippen LogP contribution >= 0.6 is 11.8 Å². The van der Waals surface area contributed by atoms with Crippen molar-refractivity contribution in [1.29, 1.82) is 0 Å². The maximum absolute atomic E-state index is 13.3.